The molecule has 0 aliphatic rings. The van der Waals surface area contributed by atoms with Crippen molar-refractivity contribution in [3.05, 3.63) is 60.7 Å². The third kappa shape index (κ3) is 12.1. The van der Waals surface area contributed by atoms with Gasteiger partial charge < -0.3 is 0 Å². The first kappa shape index (κ1) is 23.7. The van der Waals surface area contributed by atoms with Gasteiger partial charge in [-0.2, -0.15) is 0 Å². The standard InChI is InChI=1S/C12H11P.3C4H9.Sn/c1-3-7-11(8-4-1)13-12-9-5-2-6-10-12;3*1-3-4-2;/h1-10,13H;3*1,3-4H2,2H3;. The van der Waals surface area contributed by atoms with Crippen LogP contribution in [0, 0.1) is 0 Å². The molecule has 0 nitrogen and oxygen atoms in total. The molecule has 0 N–H and O–H groups in total. The summed E-state index contributed by atoms with van der Waals surface area (Å²) >= 11 is -0.839. The monoisotopic (exact) mass is 477 g/mol. The minimum absolute atomic E-state index is 0.777. The molecule has 2 aromatic rings. The molecule has 0 aliphatic heterocycles. The first-order valence-electron chi connectivity index (χ1n) is 10.5. The zero-order chi connectivity index (χ0) is 18.9. The quantitative estimate of drug-likeness (QED) is 0.238. The largest absolute Gasteiger partial charge is 0.0622 e. The van der Waals surface area contributed by atoms with Crippen molar-refractivity contribution in [1.29, 1.82) is 0 Å². The van der Waals surface area contributed by atoms with Gasteiger partial charge in [0.05, 0.1) is 0 Å². The molecule has 0 fully saturated rings. The molecule has 0 unspecified atom stereocenters. The summed E-state index contributed by atoms with van der Waals surface area (Å²) < 4.78 is 5.04. The zero-order valence-corrected chi connectivity index (χ0v) is 21.0. The summed E-state index contributed by atoms with van der Waals surface area (Å²) in [5.41, 5.74) is 0. The molecule has 0 atom stereocenters. The fourth-order valence-corrected chi connectivity index (χ4v) is 13.4. The van der Waals surface area contributed by atoms with Crippen LogP contribution in [0.1, 0.15) is 59.3 Å². The van der Waals surface area contributed by atoms with E-state index in [2.05, 4.69) is 81.4 Å². The second-order valence-corrected chi connectivity index (χ2v) is 16.9. The van der Waals surface area contributed by atoms with Crippen LogP contribution >= 0.6 is 8.58 Å². The second-order valence-electron chi connectivity index (χ2n) is 6.92. The fraction of sp³-hybridized carbons (Fsp3) is 0.500. The number of unbranched alkanes of at least 4 members (excludes halogenated alkanes) is 3. The predicted octanol–water partition coefficient (Wildman–Crippen LogP) is 7.20. The van der Waals surface area contributed by atoms with Crippen molar-refractivity contribution in [3.63, 3.8) is 0 Å². The van der Waals surface area contributed by atoms with Crippen molar-refractivity contribution in [3.8, 4) is 0 Å². The molecule has 0 bridgehead atoms. The molecule has 143 valence electrons. The second kappa shape index (κ2) is 16.8. The van der Waals surface area contributed by atoms with Crippen molar-refractivity contribution in [2.24, 2.45) is 0 Å². The summed E-state index contributed by atoms with van der Waals surface area (Å²) in [5, 5.41) is 2.79. The van der Waals surface area contributed by atoms with Gasteiger partial charge in [-0.15, -0.1) is 0 Å². The third-order valence-electron chi connectivity index (χ3n) is 4.49. The van der Waals surface area contributed by atoms with E-state index in [4.69, 9.17) is 0 Å². The normalized spacial score (nSPS) is 10.5. The maximum atomic E-state index is 2.33. The van der Waals surface area contributed by atoms with E-state index in [1.54, 1.807) is 13.3 Å². The minimum Gasteiger partial charge on any atom is -0.0622 e. The molecular weight excluding hydrogens is 438 g/mol. The van der Waals surface area contributed by atoms with Crippen LogP contribution < -0.4 is 10.6 Å². The summed E-state index contributed by atoms with van der Waals surface area (Å²) in [5.74, 6) is 0. The van der Waals surface area contributed by atoms with Crippen molar-refractivity contribution in [2.45, 2.75) is 72.6 Å². The van der Waals surface area contributed by atoms with Crippen LogP contribution in [0.5, 0.6) is 0 Å². The number of benzene rings is 2. The first-order chi connectivity index (χ1) is 12.8. The van der Waals surface area contributed by atoms with Gasteiger partial charge in [-0.05, 0) is 10.6 Å². The van der Waals surface area contributed by atoms with Gasteiger partial charge in [-0.25, -0.2) is 0 Å². The van der Waals surface area contributed by atoms with Gasteiger partial charge in [0.15, 0.2) is 0 Å². The number of hydrogen-bond donors (Lipinski definition) is 0. The smallest absolute Gasteiger partial charge is 0.0226 e. The van der Waals surface area contributed by atoms with E-state index < -0.39 is 19.8 Å². The van der Waals surface area contributed by atoms with Crippen LogP contribution in [-0.2, 0) is 0 Å². The summed E-state index contributed by atoms with van der Waals surface area (Å²) in [6, 6.07) is 21.2. The Balaban J connectivity index is 0.000000260. The fourth-order valence-electron chi connectivity index (χ4n) is 2.86. The first-order valence-corrected chi connectivity index (χ1v) is 17.6. The molecule has 0 saturated carbocycles. The molecule has 0 spiro atoms. The van der Waals surface area contributed by atoms with Crippen LogP contribution in [0.3, 0.4) is 0 Å². The Morgan fingerprint density at radius 3 is 1.23 bits per heavy atom. The molecule has 0 aromatic heterocycles. The molecule has 2 rings (SSSR count). The summed E-state index contributed by atoms with van der Waals surface area (Å²) in [4.78, 5) is 0. The van der Waals surface area contributed by atoms with Gasteiger partial charge in [-0.3, -0.25) is 0 Å². The van der Waals surface area contributed by atoms with E-state index in [9.17, 15) is 0 Å². The zero-order valence-electron chi connectivity index (χ0n) is 17.1. The molecule has 0 saturated heterocycles. The van der Waals surface area contributed by atoms with E-state index in [-0.39, 0.29) is 0 Å². The van der Waals surface area contributed by atoms with E-state index >= 15 is 0 Å². The molecular formula is C24H38PSn. The van der Waals surface area contributed by atoms with Crippen LogP contribution in [-0.4, -0.2) is 19.8 Å². The predicted molar refractivity (Wildman–Crippen MR) is 125 cm³/mol. The maximum absolute atomic E-state index is 2.33. The van der Waals surface area contributed by atoms with Gasteiger partial charge in [-0.1, -0.05) is 69.2 Å². The Morgan fingerprint density at radius 2 is 0.923 bits per heavy atom. The number of hydrogen-bond acceptors (Lipinski definition) is 0. The third-order valence-corrected chi connectivity index (χ3v) is 14.8. The van der Waals surface area contributed by atoms with E-state index in [0.29, 0.717) is 0 Å². The molecule has 0 aliphatic carbocycles. The van der Waals surface area contributed by atoms with Gasteiger partial charge in [0, 0.05) is 0 Å². The summed E-state index contributed by atoms with van der Waals surface area (Å²) in [6.07, 6.45) is 8.85. The maximum Gasteiger partial charge on any atom is -0.0226 e. The van der Waals surface area contributed by atoms with Crippen molar-refractivity contribution < 1.29 is 0 Å². The topological polar surface area (TPSA) is 0 Å². The number of rotatable bonds is 11. The van der Waals surface area contributed by atoms with Gasteiger partial charge in [0.2, 0.25) is 0 Å². The molecule has 2 heteroatoms. The van der Waals surface area contributed by atoms with Gasteiger partial charge >= 0.3 is 92.4 Å². The SMILES string of the molecule is CCC[CH2][Sn]([CH2]CCC)[CH2]CCC.c1ccc(Pc2ccccc2)cc1. The average Bonchev–Trinajstić information content (AvgIpc) is 2.69. The minimum atomic E-state index is -0.839. The van der Waals surface area contributed by atoms with Crippen molar-refractivity contribution >= 4 is 38.9 Å². The Hall–Kier alpha value is -0.331. The van der Waals surface area contributed by atoms with Crippen LogP contribution in [0.25, 0.3) is 0 Å². The molecule has 1 radical (unpaired) electrons. The van der Waals surface area contributed by atoms with E-state index in [1.165, 1.54) is 49.1 Å². The van der Waals surface area contributed by atoms with E-state index in [0.717, 1.165) is 8.58 Å². The Kier molecular flexibility index (Phi) is 15.3. The Bertz CT molecular complexity index is 470. The molecule has 26 heavy (non-hydrogen) atoms. The van der Waals surface area contributed by atoms with E-state index in [1.807, 2.05) is 0 Å². The van der Waals surface area contributed by atoms with Crippen LogP contribution in [0.4, 0.5) is 0 Å². The Labute approximate surface area is 171 Å². The summed E-state index contributed by atoms with van der Waals surface area (Å²) in [6.45, 7) is 7.00. The van der Waals surface area contributed by atoms with Crippen molar-refractivity contribution in [1.82, 2.24) is 0 Å². The molecule has 0 amide bonds. The van der Waals surface area contributed by atoms with Gasteiger partial charge in [0.25, 0.3) is 0 Å². The van der Waals surface area contributed by atoms with Crippen LogP contribution in [0.2, 0.25) is 13.3 Å². The van der Waals surface area contributed by atoms with Crippen molar-refractivity contribution in [2.75, 3.05) is 0 Å². The summed E-state index contributed by atoms with van der Waals surface area (Å²) in [7, 11) is 0.777. The van der Waals surface area contributed by atoms with Crippen LogP contribution in [0.15, 0.2) is 60.7 Å². The Morgan fingerprint density at radius 1 is 0.577 bits per heavy atom. The molecule has 2 aromatic carbocycles. The average molecular weight is 476 g/mol. The van der Waals surface area contributed by atoms with Gasteiger partial charge in [0.1, 0.15) is 0 Å². The molecule has 0 heterocycles.